The van der Waals surface area contributed by atoms with Crippen molar-refractivity contribution >= 4 is 11.6 Å². The lowest BCUT2D eigenvalue weighted by Crippen LogP contribution is -2.46. The maximum Gasteiger partial charge on any atom is 0.223 e. The number of amides is 1. The highest BCUT2D eigenvalue weighted by molar-refractivity contribution is 5.81. The van der Waals surface area contributed by atoms with Crippen LogP contribution in [0.15, 0.2) is 18.2 Å². The van der Waals surface area contributed by atoms with Crippen molar-refractivity contribution in [2.45, 2.75) is 58.4 Å². The number of nitrogens with zero attached hydrogens (tertiary/aromatic N) is 2. The molecule has 3 unspecified atom stereocenters. The van der Waals surface area contributed by atoms with Gasteiger partial charge >= 0.3 is 0 Å². The standard InChI is InChI=1S/C23H35N3O/c1-17-9-10-19(16-18(17)2)26-14-12-25(13-15-26)11-5-7-21-20-6-3-4-8-22(20)24-23(21)27/h9-10,16,20-22H,3-8,11-15H2,1-2H3,(H,24,27). The number of hydrogen-bond donors (Lipinski definition) is 1. The van der Waals surface area contributed by atoms with Crippen molar-refractivity contribution in [3.8, 4) is 0 Å². The Kier molecular flexibility index (Phi) is 5.72. The van der Waals surface area contributed by atoms with Crippen LogP contribution in [0.4, 0.5) is 5.69 Å². The van der Waals surface area contributed by atoms with Crippen molar-refractivity contribution in [1.82, 2.24) is 10.2 Å². The molecule has 0 aromatic heterocycles. The first-order valence-electron chi connectivity index (χ1n) is 11.0. The number of carbonyl (C=O) groups excluding carboxylic acids is 1. The summed E-state index contributed by atoms with van der Waals surface area (Å²) in [6.45, 7) is 10.0. The van der Waals surface area contributed by atoms with E-state index >= 15 is 0 Å². The van der Waals surface area contributed by atoms with Crippen LogP contribution in [-0.4, -0.2) is 49.6 Å². The fourth-order valence-electron chi connectivity index (χ4n) is 5.34. The molecule has 1 saturated carbocycles. The van der Waals surface area contributed by atoms with Gasteiger partial charge in [0.05, 0.1) is 0 Å². The van der Waals surface area contributed by atoms with Crippen molar-refractivity contribution in [3.05, 3.63) is 29.3 Å². The highest BCUT2D eigenvalue weighted by Crippen LogP contribution is 2.37. The third-order valence-electron chi connectivity index (χ3n) is 7.22. The Bertz CT molecular complexity index is 666. The molecule has 2 heterocycles. The molecule has 4 nitrogen and oxygen atoms in total. The molecule has 1 aromatic carbocycles. The zero-order valence-electron chi connectivity index (χ0n) is 17.0. The molecule has 3 atom stereocenters. The van der Waals surface area contributed by atoms with E-state index in [2.05, 4.69) is 47.2 Å². The van der Waals surface area contributed by atoms with Gasteiger partial charge in [-0.05, 0) is 75.3 Å². The van der Waals surface area contributed by atoms with Crippen molar-refractivity contribution in [2.75, 3.05) is 37.6 Å². The van der Waals surface area contributed by atoms with E-state index in [4.69, 9.17) is 0 Å². The number of carbonyl (C=O) groups is 1. The minimum atomic E-state index is 0.284. The molecule has 3 aliphatic rings. The molecule has 4 rings (SSSR count). The molecule has 0 radical (unpaired) electrons. The summed E-state index contributed by atoms with van der Waals surface area (Å²) in [7, 11) is 0. The SMILES string of the molecule is Cc1ccc(N2CCN(CCCC3C(=O)NC4CCCCC43)CC2)cc1C. The molecular formula is C23H35N3O. The number of benzene rings is 1. The predicted octanol–water partition coefficient (Wildman–Crippen LogP) is 3.51. The number of anilines is 1. The van der Waals surface area contributed by atoms with E-state index in [1.807, 2.05) is 0 Å². The first-order valence-corrected chi connectivity index (χ1v) is 11.0. The van der Waals surface area contributed by atoms with Crippen LogP contribution in [0.1, 0.15) is 49.7 Å². The molecule has 1 N–H and O–H groups in total. The van der Waals surface area contributed by atoms with E-state index < -0.39 is 0 Å². The Hall–Kier alpha value is -1.55. The van der Waals surface area contributed by atoms with Gasteiger partial charge in [0.25, 0.3) is 0 Å². The van der Waals surface area contributed by atoms with Gasteiger partial charge in [-0.1, -0.05) is 18.9 Å². The van der Waals surface area contributed by atoms with Gasteiger partial charge in [-0.15, -0.1) is 0 Å². The van der Waals surface area contributed by atoms with Gasteiger partial charge in [0.1, 0.15) is 0 Å². The third-order valence-corrected chi connectivity index (χ3v) is 7.22. The molecule has 2 aliphatic heterocycles. The highest BCUT2D eigenvalue weighted by Gasteiger charge is 2.42. The van der Waals surface area contributed by atoms with Crippen LogP contribution in [0, 0.1) is 25.7 Å². The zero-order chi connectivity index (χ0) is 18.8. The Morgan fingerprint density at radius 1 is 1.04 bits per heavy atom. The lowest BCUT2D eigenvalue weighted by atomic mass is 9.78. The Balaban J connectivity index is 1.22. The van der Waals surface area contributed by atoms with Gasteiger partial charge in [-0.25, -0.2) is 0 Å². The van der Waals surface area contributed by atoms with Gasteiger partial charge in [0.2, 0.25) is 5.91 Å². The number of nitrogens with one attached hydrogen (secondary N) is 1. The molecule has 1 aliphatic carbocycles. The second kappa shape index (κ2) is 8.22. The molecule has 27 heavy (non-hydrogen) atoms. The van der Waals surface area contributed by atoms with Crippen LogP contribution >= 0.6 is 0 Å². The van der Waals surface area contributed by atoms with Gasteiger partial charge in [-0.3, -0.25) is 9.69 Å². The fraction of sp³-hybridized carbons (Fsp3) is 0.696. The van der Waals surface area contributed by atoms with Gasteiger partial charge in [0, 0.05) is 43.8 Å². The highest BCUT2D eigenvalue weighted by atomic mass is 16.2. The van der Waals surface area contributed by atoms with Crippen molar-refractivity contribution in [2.24, 2.45) is 11.8 Å². The Morgan fingerprint density at radius 2 is 1.81 bits per heavy atom. The summed E-state index contributed by atoms with van der Waals surface area (Å²) < 4.78 is 0. The number of fused-ring (bicyclic) bond motifs is 1. The van der Waals surface area contributed by atoms with E-state index in [1.54, 1.807) is 0 Å². The van der Waals surface area contributed by atoms with Crippen molar-refractivity contribution in [1.29, 1.82) is 0 Å². The summed E-state index contributed by atoms with van der Waals surface area (Å²) >= 11 is 0. The minimum Gasteiger partial charge on any atom is -0.369 e. The van der Waals surface area contributed by atoms with Crippen molar-refractivity contribution < 1.29 is 4.79 Å². The molecule has 0 spiro atoms. The number of aryl methyl sites for hydroxylation is 2. The summed E-state index contributed by atoms with van der Waals surface area (Å²) in [6.07, 6.45) is 7.29. The average Bonchev–Trinajstić information content (AvgIpc) is 3.00. The first-order chi connectivity index (χ1) is 13.1. The van der Waals surface area contributed by atoms with E-state index in [0.29, 0.717) is 17.9 Å². The summed E-state index contributed by atoms with van der Waals surface area (Å²) in [5, 5.41) is 3.27. The summed E-state index contributed by atoms with van der Waals surface area (Å²) in [5.74, 6) is 1.24. The molecule has 148 valence electrons. The Labute approximate surface area is 164 Å². The predicted molar refractivity (Wildman–Crippen MR) is 111 cm³/mol. The number of piperazine rings is 1. The zero-order valence-corrected chi connectivity index (χ0v) is 17.0. The Morgan fingerprint density at radius 3 is 2.59 bits per heavy atom. The van der Waals surface area contributed by atoms with Crippen LogP contribution in [0.3, 0.4) is 0 Å². The normalized spacial score (nSPS) is 28.9. The maximum absolute atomic E-state index is 12.3. The topological polar surface area (TPSA) is 35.6 Å². The maximum atomic E-state index is 12.3. The second-order valence-corrected chi connectivity index (χ2v) is 8.91. The smallest absolute Gasteiger partial charge is 0.223 e. The average molecular weight is 370 g/mol. The van der Waals surface area contributed by atoms with Crippen LogP contribution < -0.4 is 10.2 Å². The summed E-state index contributed by atoms with van der Waals surface area (Å²) in [4.78, 5) is 17.4. The van der Waals surface area contributed by atoms with E-state index in [-0.39, 0.29) is 5.92 Å². The minimum absolute atomic E-state index is 0.284. The lowest BCUT2D eigenvalue weighted by molar-refractivity contribution is -0.123. The first kappa shape index (κ1) is 18.8. The van der Waals surface area contributed by atoms with Gasteiger partial charge in [0.15, 0.2) is 0 Å². The summed E-state index contributed by atoms with van der Waals surface area (Å²) in [6, 6.07) is 7.31. The molecular weight excluding hydrogens is 334 g/mol. The van der Waals surface area contributed by atoms with E-state index in [0.717, 1.165) is 45.6 Å². The fourth-order valence-corrected chi connectivity index (χ4v) is 5.34. The monoisotopic (exact) mass is 369 g/mol. The van der Waals surface area contributed by atoms with Crippen LogP contribution in [0.5, 0.6) is 0 Å². The lowest BCUT2D eigenvalue weighted by Gasteiger charge is -2.36. The molecule has 2 saturated heterocycles. The van der Waals surface area contributed by atoms with E-state index in [9.17, 15) is 4.79 Å². The molecule has 1 amide bonds. The van der Waals surface area contributed by atoms with Crippen molar-refractivity contribution in [3.63, 3.8) is 0 Å². The van der Waals surface area contributed by atoms with Gasteiger partial charge < -0.3 is 10.2 Å². The van der Waals surface area contributed by atoms with Gasteiger partial charge in [-0.2, -0.15) is 0 Å². The quantitative estimate of drug-likeness (QED) is 0.863. The molecule has 0 bridgehead atoms. The summed E-state index contributed by atoms with van der Waals surface area (Å²) in [5.41, 5.74) is 4.11. The number of hydrogen-bond acceptors (Lipinski definition) is 3. The third kappa shape index (κ3) is 4.16. The second-order valence-electron chi connectivity index (χ2n) is 8.91. The largest absolute Gasteiger partial charge is 0.369 e. The van der Waals surface area contributed by atoms with Crippen LogP contribution in [0.2, 0.25) is 0 Å². The molecule has 3 fully saturated rings. The number of rotatable bonds is 5. The van der Waals surface area contributed by atoms with Crippen LogP contribution in [0.25, 0.3) is 0 Å². The van der Waals surface area contributed by atoms with E-state index in [1.165, 1.54) is 42.5 Å². The molecule has 4 heteroatoms. The molecule has 1 aromatic rings. The van der Waals surface area contributed by atoms with Crippen LogP contribution in [-0.2, 0) is 4.79 Å².